The summed E-state index contributed by atoms with van der Waals surface area (Å²) >= 11 is 6.32. The van der Waals surface area contributed by atoms with Gasteiger partial charge in [0, 0.05) is 32.7 Å². The third-order valence-electron chi connectivity index (χ3n) is 3.82. The van der Waals surface area contributed by atoms with Gasteiger partial charge in [-0.1, -0.05) is 17.7 Å². The maximum atomic E-state index is 11.6. The van der Waals surface area contributed by atoms with Crippen LogP contribution in [0.2, 0.25) is 5.02 Å². The maximum Gasteiger partial charge on any atom is 0.317 e. The van der Waals surface area contributed by atoms with Gasteiger partial charge in [0.25, 0.3) is 0 Å². The second kappa shape index (κ2) is 4.90. The maximum absolute atomic E-state index is 11.6. The molecule has 0 radical (unpaired) electrons. The monoisotopic (exact) mass is 280 g/mol. The minimum absolute atomic E-state index is 0.0502. The Hall–Kier alpha value is -1.46. The van der Waals surface area contributed by atoms with Gasteiger partial charge in [-0.05, 0) is 17.7 Å². The highest BCUT2D eigenvalue weighted by molar-refractivity contribution is 6.33. The zero-order chi connectivity index (χ0) is 13.4. The van der Waals surface area contributed by atoms with Gasteiger partial charge in [0.05, 0.1) is 16.8 Å². The summed E-state index contributed by atoms with van der Waals surface area (Å²) in [5.74, 6) is 0. The Kier molecular flexibility index (Phi) is 3.24. The fourth-order valence-electron chi connectivity index (χ4n) is 2.76. The lowest BCUT2D eigenvalue weighted by atomic mass is 10.1. The number of urea groups is 1. The van der Waals surface area contributed by atoms with Gasteiger partial charge < -0.3 is 20.9 Å². The number of halogens is 1. The molecule has 0 bridgehead atoms. The first-order valence-corrected chi connectivity index (χ1v) is 6.85. The fourth-order valence-corrected chi connectivity index (χ4v) is 3.08. The van der Waals surface area contributed by atoms with Crippen molar-refractivity contribution < 1.29 is 4.79 Å². The minimum Gasteiger partial charge on any atom is -0.366 e. The molecule has 2 heterocycles. The Morgan fingerprint density at radius 3 is 3.00 bits per heavy atom. The smallest absolute Gasteiger partial charge is 0.317 e. The Balaban J connectivity index is 1.79. The summed E-state index contributed by atoms with van der Waals surface area (Å²) in [5, 5.41) is 3.61. The molecule has 1 aromatic carbocycles. The normalized spacial score (nSPS) is 22.4. The summed E-state index contributed by atoms with van der Waals surface area (Å²) < 4.78 is 0. The molecule has 0 aromatic heterocycles. The second-order valence-electron chi connectivity index (χ2n) is 4.97. The lowest BCUT2D eigenvalue weighted by Gasteiger charge is -2.38. The quantitative estimate of drug-likeness (QED) is 0.850. The van der Waals surface area contributed by atoms with Crippen molar-refractivity contribution in [1.82, 2.24) is 10.2 Å². The highest BCUT2D eigenvalue weighted by atomic mass is 35.5. The van der Waals surface area contributed by atoms with Crippen LogP contribution in [0.4, 0.5) is 10.5 Å². The molecule has 2 saturated heterocycles. The van der Waals surface area contributed by atoms with Crippen molar-refractivity contribution in [2.75, 3.05) is 31.1 Å². The molecule has 3 rings (SSSR count). The molecule has 1 atom stereocenters. The number of anilines is 1. The summed E-state index contributed by atoms with van der Waals surface area (Å²) in [6.07, 6.45) is 0. The van der Waals surface area contributed by atoms with E-state index in [1.807, 2.05) is 23.1 Å². The number of fused-ring (bicyclic) bond motifs is 1. The van der Waals surface area contributed by atoms with Gasteiger partial charge in [-0.2, -0.15) is 0 Å². The number of hydrogen-bond donors (Lipinski definition) is 2. The summed E-state index contributed by atoms with van der Waals surface area (Å²) in [6, 6.07) is 6.23. The predicted octanol–water partition coefficient (Wildman–Crippen LogP) is 1.01. The average molecular weight is 281 g/mol. The van der Waals surface area contributed by atoms with Crippen molar-refractivity contribution in [2.45, 2.75) is 12.6 Å². The summed E-state index contributed by atoms with van der Waals surface area (Å²) in [5.41, 5.74) is 7.67. The van der Waals surface area contributed by atoms with Gasteiger partial charge in [-0.3, -0.25) is 0 Å². The zero-order valence-electron chi connectivity index (χ0n) is 10.6. The van der Waals surface area contributed by atoms with Crippen LogP contribution in [-0.4, -0.2) is 43.2 Å². The molecule has 2 aliphatic heterocycles. The van der Waals surface area contributed by atoms with Gasteiger partial charge in [0.15, 0.2) is 0 Å². The van der Waals surface area contributed by atoms with E-state index in [-0.39, 0.29) is 12.1 Å². The van der Waals surface area contributed by atoms with E-state index in [1.54, 1.807) is 0 Å². The topological polar surface area (TPSA) is 61.6 Å². The standard InChI is InChI=1S/C13H17ClN4O/c14-11-5-9(6-15)1-2-12(11)17-3-4-18-10(8-17)7-16-13(18)19/h1-2,5,10H,3-4,6-8,15H2,(H,16,19). The highest BCUT2D eigenvalue weighted by Gasteiger charge is 2.35. The van der Waals surface area contributed by atoms with Crippen molar-refractivity contribution in [1.29, 1.82) is 0 Å². The van der Waals surface area contributed by atoms with Crippen molar-refractivity contribution in [3.8, 4) is 0 Å². The number of rotatable bonds is 2. The van der Waals surface area contributed by atoms with E-state index in [0.29, 0.717) is 13.1 Å². The molecule has 6 heteroatoms. The molecule has 2 amide bonds. The van der Waals surface area contributed by atoms with Gasteiger partial charge in [-0.25, -0.2) is 4.79 Å². The Morgan fingerprint density at radius 1 is 1.42 bits per heavy atom. The van der Waals surface area contributed by atoms with E-state index in [9.17, 15) is 4.79 Å². The van der Waals surface area contributed by atoms with E-state index < -0.39 is 0 Å². The number of piperazine rings is 1. The molecule has 1 aromatic rings. The first kappa shape index (κ1) is 12.6. The lowest BCUT2D eigenvalue weighted by Crippen LogP contribution is -2.52. The molecule has 5 nitrogen and oxygen atoms in total. The van der Waals surface area contributed by atoms with Crippen molar-refractivity contribution in [3.05, 3.63) is 28.8 Å². The molecule has 3 N–H and O–H groups in total. The number of benzene rings is 1. The number of hydrogen-bond acceptors (Lipinski definition) is 3. The number of nitrogens with two attached hydrogens (primary N) is 1. The van der Waals surface area contributed by atoms with Gasteiger partial charge >= 0.3 is 6.03 Å². The van der Waals surface area contributed by atoms with E-state index >= 15 is 0 Å². The fraction of sp³-hybridized carbons (Fsp3) is 0.462. The number of amides is 2. The van der Waals surface area contributed by atoms with Gasteiger partial charge in [-0.15, -0.1) is 0 Å². The number of carbonyl (C=O) groups is 1. The van der Waals surface area contributed by atoms with Crippen LogP contribution in [-0.2, 0) is 6.54 Å². The average Bonchev–Trinajstić information content (AvgIpc) is 2.79. The number of nitrogens with one attached hydrogen (secondary N) is 1. The summed E-state index contributed by atoms with van der Waals surface area (Å²) in [6.45, 7) is 3.58. The van der Waals surface area contributed by atoms with Crippen molar-refractivity contribution in [3.63, 3.8) is 0 Å². The Morgan fingerprint density at radius 2 is 2.26 bits per heavy atom. The van der Waals surface area contributed by atoms with Crippen LogP contribution in [0, 0.1) is 0 Å². The lowest BCUT2D eigenvalue weighted by molar-refractivity contribution is 0.197. The molecule has 0 spiro atoms. The summed E-state index contributed by atoms with van der Waals surface area (Å²) in [7, 11) is 0. The van der Waals surface area contributed by atoms with Crippen LogP contribution >= 0.6 is 11.6 Å². The molecule has 0 saturated carbocycles. The Labute approximate surface area is 117 Å². The molecule has 2 fully saturated rings. The molecule has 2 aliphatic rings. The first-order valence-electron chi connectivity index (χ1n) is 6.47. The van der Waals surface area contributed by atoms with Crippen molar-refractivity contribution in [2.24, 2.45) is 5.73 Å². The van der Waals surface area contributed by atoms with Gasteiger partial charge in [0.1, 0.15) is 0 Å². The zero-order valence-corrected chi connectivity index (χ0v) is 11.4. The van der Waals surface area contributed by atoms with E-state index in [0.717, 1.165) is 35.9 Å². The molecule has 19 heavy (non-hydrogen) atoms. The van der Waals surface area contributed by atoms with Crippen LogP contribution in [0.5, 0.6) is 0 Å². The predicted molar refractivity (Wildman–Crippen MR) is 75.4 cm³/mol. The Bertz CT molecular complexity index is 507. The second-order valence-corrected chi connectivity index (χ2v) is 5.38. The van der Waals surface area contributed by atoms with E-state index in [2.05, 4.69) is 10.2 Å². The molecular formula is C13H17ClN4O. The van der Waals surface area contributed by atoms with Crippen LogP contribution < -0.4 is 16.0 Å². The molecule has 102 valence electrons. The van der Waals surface area contributed by atoms with Crippen LogP contribution in [0.3, 0.4) is 0 Å². The minimum atomic E-state index is 0.0502. The molecule has 1 unspecified atom stereocenters. The molecular weight excluding hydrogens is 264 g/mol. The number of carbonyl (C=O) groups excluding carboxylic acids is 1. The van der Waals surface area contributed by atoms with E-state index in [4.69, 9.17) is 17.3 Å². The summed E-state index contributed by atoms with van der Waals surface area (Å²) in [4.78, 5) is 15.7. The number of nitrogens with zero attached hydrogens (tertiary/aromatic N) is 2. The van der Waals surface area contributed by atoms with Crippen molar-refractivity contribution >= 4 is 23.3 Å². The third kappa shape index (κ3) is 2.24. The third-order valence-corrected chi connectivity index (χ3v) is 4.12. The van der Waals surface area contributed by atoms with Crippen LogP contribution in [0.15, 0.2) is 18.2 Å². The largest absolute Gasteiger partial charge is 0.366 e. The van der Waals surface area contributed by atoms with E-state index in [1.165, 1.54) is 0 Å². The molecule has 0 aliphatic carbocycles. The van der Waals surface area contributed by atoms with Gasteiger partial charge in [0.2, 0.25) is 0 Å². The SMILES string of the molecule is NCc1ccc(N2CCN3C(=O)NCC3C2)c(Cl)c1. The van der Waals surface area contributed by atoms with Crippen LogP contribution in [0.1, 0.15) is 5.56 Å². The van der Waals surface area contributed by atoms with Crippen LogP contribution in [0.25, 0.3) is 0 Å². The first-order chi connectivity index (χ1) is 9.19. The highest BCUT2D eigenvalue weighted by Crippen LogP contribution is 2.29.